The van der Waals surface area contributed by atoms with Gasteiger partial charge in [-0.3, -0.25) is 0 Å². The van der Waals surface area contributed by atoms with E-state index in [9.17, 15) is 0 Å². The summed E-state index contributed by atoms with van der Waals surface area (Å²) in [6, 6.07) is 60.2. The molecule has 2 heterocycles. The van der Waals surface area contributed by atoms with Gasteiger partial charge < -0.3 is 9.13 Å². The molecule has 0 saturated carbocycles. The predicted molar refractivity (Wildman–Crippen MR) is 252 cm³/mol. The van der Waals surface area contributed by atoms with E-state index in [-0.39, 0.29) is 0 Å². The van der Waals surface area contributed by atoms with Gasteiger partial charge in [0, 0.05) is 32.9 Å². The zero-order chi connectivity index (χ0) is 37.4. The van der Waals surface area contributed by atoms with Crippen LogP contribution in [0.2, 0.25) is 0 Å². The van der Waals surface area contributed by atoms with Gasteiger partial charge in [0.25, 0.3) is 0 Å². The minimum absolute atomic E-state index is 1.16. The zero-order valence-electron chi connectivity index (χ0n) is 32.0. The normalized spacial score (nSPS) is 11.6. The Labute approximate surface area is 326 Å². The van der Waals surface area contributed by atoms with Crippen LogP contribution in [0.15, 0.2) is 164 Å². The quantitative estimate of drug-likeness (QED) is 0.240. The van der Waals surface area contributed by atoms with Crippen molar-refractivity contribution >= 4 is 110 Å². The van der Waals surface area contributed by atoms with Crippen molar-refractivity contribution in [1.29, 1.82) is 0 Å². The van der Waals surface area contributed by atoms with Crippen molar-refractivity contribution in [1.82, 2.24) is 9.13 Å². The first-order valence-corrected chi connectivity index (χ1v) is 19.3. The topological polar surface area (TPSA) is 9.86 Å². The van der Waals surface area contributed by atoms with Crippen LogP contribution in [0.3, 0.4) is 0 Å². The SMILES string of the molecule is Bc1c(B)c(B)c(-n2c3ccccc3c3cc(-c4ccc5c(c4)c4ccccc4n5-c4cccc(-c5ccc(-c6ccccc6)cc5)c4)ccc32)c(B)c1B. The minimum Gasteiger partial charge on any atom is -0.310 e. The summed E-state index contributed by atoms with van der Waals surface area (Å²) >= 11 is 0. The Balaban J connectivity index is 1.09. The molecule has 0 unspecified atom stereocenters. The molecule has 0 aliphatic heterocycles. The average molecular weight is 696 g/mol. The summed E-state index contributed by atoms with van der Waals surface area (Å²) < 4.78 is 4.92. The van der Waals surface area contributed by atoms with Gasteiger partial charge in [-0.1, -0.05) is 137 Å². The Morgan fingerprint density at radius 3 is 1.27 bits per heavy atom. The van der Waals surface area contributed by atoms with E-state index >= 15 is 0 Å². The van der Waals surface area contributed by atoms with Crippen molar-refractivity contribution in [3.63, 3.8) is 0 Å². The third kappa shape index (κ3) is 5.25. The molecule has 8 aromatic carbocycles. The third-order valence-corrected chi connectivity index (χ3v) is 12.3. The molecule has 2 nitrogen and oxygen atoms in total. The van der Waals surface area contributed by atoms with Gasteiger partial charge in [-0.05, 0) is 81.9 Å². The Bertz CT molecular complexity index is 3110. The molecule has 10 rings (SSSR count). The summed E-state index contributed by atoms with van der Waals surface area (Å²) in [6.07, 6.45) is 0. The molecule has 0 radical (unpaired) electrons. The maximum atomic E-state index is 2.50. The smallest absolute Gasteiger partial charge is 0.141 e. The highest BCUT2D eigenvalue weighted by molar-refractivity contribution is 6.68. The van der Waals surface area contributed by atoms with Gasteiger partial charge in [0.15, 0.2) is 0 Å². The zero-order valence-corrected chi connectivity index (χ0v) is 32.0. The van der Waals surface area contributed by atoms with Gasteiger partial charge >= 0.3 is 0 Å². The number of para-hydroxylation sites is 2. The second-order valence-corrected chi connectivity index (χ2v) is 15.1. The summed E-state index contributed by atoms with van der Waals surface area (Å²) in [5, 5.41) is 5.07. The lowest BCUT2D eigenvalue weighted by molar-refractivity contribution is 1.18. The van der Waals surface area contributed by atoms with Crippen LogP contribution >= 0.6 is 0 Å². The van der Waals surface area contributed by atoms with E-state index in [2.05, 4.69) is 212 Å². The van der Waals surface area contributed by atoms with Crippen molar-refractivity contribution in [2.24, 2.45) is 0 Å². The first kappa shape index (κ1) is 33.3. The van der Waals surface area contributed by atoms with Gasteiger partial charge in [0.1, 0.15) is 39.2 Å². The van der Waals surface area contributed by atoms with Crippen LogP contribution in [0.5, 0.6) is 0 Å². The van der Waals surface area contributed by atoms with E-state index in [1.54, 1.807) is 0 Å². The van der Waals surface area contributed by atoms with Crippen LogP contribution in [0.1, 0.15) is 0 Å². The summed E-state index contributed by atoms with van der Waals surface area (Å²) in [6.45, 7) is 0. The fourth-order valence-corrected chi connectivity index (χ4v) is 8.95. The van der Waals surface area contributed by atoms with Gasteiger partial charge in [-0.25, -0.2) is 0 Å². The second-order valence-electron chi connectivity index (χ2n) is 15.1. The summed E-state index contributed by atoms with van der Waals surface area (Å²) in [7, 11) is 11.3. The fourth-order valence-electron chi connectivity index (χ4n) is 8.95. The predicted octanol–water partition coefficient (Wildman–Crippen LogP) is 4.17. The van der Waals surface area contributed by atoms with Crippen molar-refractivity contribution in [2.45, 2.75) is 0 Å². The lowest BCUT2D eigenvalue weighted by Gasteiger charge is -2.22. The number of rotatable bonds is 5. The lowest BCUT2D eigenvalue weighted by Crippen LogP contribution is -2.56. The molecule has 0 atom stereocenters. The molecule has 10 aromatic rings. The number of hydrogen-bond donors (Lipinski definition) is 0. The Kier molecular flexibility index (Phi) is 7.82. The molecule has 0 aliphatic rings. The maximum Gasteiger partial charge on any atom is 0.141 e. The highest BCUT2D eigenvalue weighted by Gasteiger charge is 2.20. The van der Waals surface area contributed by atoms with Crippen molar-refractivity contribution < 1.29 is 0 Å². The highest BCUT2D eigenvalue weighted by atomic mass is 15.0. The molecule has 0 aliphatic carbocycles. The molecule has 7 heteroatoms. The number of aromatic nitrogens is 2. The standard InChI is InChI=1S/C48H37B5N2/c49-43-44(50)46(52)48(47(53)45(43)51)55-40-16-7-5-14-36(40)38-27-33(22-24-42(38)55)32-21-23-41-37(26-32)35-13-4-6-15-39(35)54(41)34-12-8-11-31(25-34)30-19-17-29(18-20-30)28-9-2-1-3-10-28/h1-27H,49-53H2. The second kappa shape index (κ2) is 12.9. The Morgan fingerprint density at radius 1 is 0.273 bits per heavy atom. The molecular weight excluding hydrogens is 659 g/mol. The number of hydrogen-bond acceptors (Lipinski definition) is 0. The van der Waals surface area contributed by atoms with Crippen LogP contribution in [-0.4, -0.2) is 48.4 Å². The molecule has 254 valence electrons. The Hall–Kier alpha value is -6.32. The molecule has 0 fully saturated rings. The average Bonchev–Trinajstić information content (AvgIpc) is 3.75. The van der Waals surface area contributed by atoms with E-state index in [4.69, 9.17) is 0 Å². The van der Waals surface area contributed by atoms with Crippen LogP contribution in [0.25, 0.3) is 88.4 Å². The van der Waals surface area contributed by atoms with E-state index in [1.165, 1.54) is 110 Å². The molecule has 0 N–H and O–H groups in total. The first-order chi connectivity index (χ1) is 26.9. The van der Waals surface area contributed by atoms with Crippen LogP contribution in [0, 0.1) is 0 Å². The van der Waals surface area contributed by atoms with Gasteiger partial charge in [0.2, 0.25) is 0 Å². The largest absolute Gasteiger partial charge is 0.310 e. The molecule has 0 amide bonds. The van der Waals surface area contributed by atoms with E-state index in [1.807, 2.05) is 0 Å². The number of fused-ring (bicyclic) bond motifs is 6. The van der Waals surface area contributed by atoms with Gasteiger partial charge in [0.05, 0.1) is 22.1 Å². The molecular formula is C48H37B5N2. The summed E-state index contributed by atoms with van der Waals surface area (Å²) in [5.74, 6) is 0. The third-order valence-electron chi connectivity index (χ3n) is 12.3. The van der Waals surface area contributed by atoms with E-state index in [0.717, 1.165) is 5.69 Å². The molecule has 0 bridgehead atoms. The van der Waals surface area contributed by atoms with E-state index in [0.29, 0.717) is 0 Å². The van der Waals surface area contributed by atoms with Gasteiger partial charge in [-0.2, -0.15) is 0 Å². The summed E-state index contributed by atoms with van der Waals surface area (Å²) in [5.41, 5.74) is 21.5. The van der Waals surface area contributed by atoms with Crippen molar-refractivity contribution in [3.05, 3.63) is 164 Å². The maximum absolute atomic E-state index is 2.50. The van der Waals surface area contributed by atoms with Crippen molar-refractivity contribution in [3.8, 4) is 44.8 Å². The van der Waals surface area contributed by atoms with E-state index < -0.39 is 0 Å². The van der Waals surface area contributed by atoms with Crippen LogP contribution in [0.4, 0.5) is 0 Å². The van der Waals surface area contributed by atoms with Gasteiger partial charge in [-0.15, -0.1) is 5.46 Å². The minimum atomic E-state index is 1.16. The molecule has 2 aromatic heterocycles. The highest BCUT2D eigenvalue weighted by Crippen LogP contribution is 2.38. The summed E-state index contributed by atoms with van der Waals surface area (Å²) in [4.78, 5) is 0. The van der Waals surface area contributed by atoms with Crippen LogP contribution < -0.4 is 27.3 Å². The molecule has 0 saturated heterocycles. The molecule has 55 heavy (non-hydrogen) atoms. The molecule has 0 spiro atoms. The lowest BCUT2D eigenvalue weighted by atomic mass is 9.61. The first-order valence-electron chi connectivity index (χ1n) is 19.3. The number of nitrogens with zero attached hydrogens (tertiary/aromatic N) is 2. The monoisotopic (exact) mass is 696 g/mol. The van der Waals surface area contributed by atoms with Crippen LogP contribution in [-0.2, 0) is 0 Å². The Morgan fingerprint density at radius 2 is 0.673 bits per heavy atom. The number of benzene rings is 8. The van der Waals surface area contributed by atoms with Crippen molar-refractivity contribution in [2.75, 3.05) is 0 Å². The fraction of sp³-hybridized carbons (Fsp3) is 0.